The fourth-order valence-electron chi connectivity index (χ4n) is 3.23. The molecule has 0 aliphatic heterocycles. The van der Waals surface area contributed by atoms with Crippen LogP contribution in [0.3, 0.4) is 0 Å². The zero-order valence-electron chi connectivity index (χ0n) is 13.4. The highest BCUT2D eigenvalue weighted by Crippen LogP contribution is 2.32. The number of hydrogen-bond acceptors (Lipinski definition) is 2. The van der Waals surface area contributed by atoms with Gasteiger partial charge in [0, 0.05) is 12.0 Å². The van der Waals surface area contributed by atoms with Crippen molar-refractivity contribution in [2.45, 2.75) is 31.4 Å². The smallest absolute Gasteiger partial charge is 0.156 e. The van der Waals surface area contributed by atoms with Gasteiger partial charge >= 0.3 is 0 Å². The minimum atomic E-state index is -0.577. The van der Waals surface area contributed by atoms with Crippen LogP contribution in [0.1, 0.15) is 30.0 Å². The molecule has 1 aliphatic carbocycles. The van der Waals surface area contributed by atoms with Crippen LogP contribution in [-0.2, 0) is 6.42 Å². The summed E-state index contributed by atoms with van der Waals surface area (Å²) in [5, 5.41) is 13.4. The lowest BCUT2D eigenvalue weighted by molar-refractivity contribution is -0.702. The van der Waals surface area contributed by atoms with E-state index in [1.165, 1.54) is 17.5 Å². The van der Waals surface area contributed by atoms with Crippen LogP contribution in [0, 0.1) is 0 Å². The minimum absolute atomic E-state index is 0.175. The van der Waals surface area contributed by atoms with Crippen molar-refractivity contribution in [3.63, 3.8) is 0 Å². The van der Waals surface area contributed by atoms with Crippen LogP contribution in [0.5, 0.6) is 5.75 Å². The maximum Gasteiger partial charge on any atom is 0.156 e. The molecule has 0 saturated carbocycles. The number of aryl methyl sites for hydroxylation is 1. The summed E-state index contributed by atoms with van der Waals surface area (Å²) in [7, 11) is 0. The largest absolute Gasteiger partial charge is 0.488 e. The Morgan fingerprint density at radius 2 is 1.88 bits per heavy atom. The molecule has 0 fully saturated rings. The molecular formula is C19H22Cl2NO2+. The number of rotatable bonds is 6. The average molecular weight is 367 g/mol. The third-order valence-electron chi connectivity index (χ3n) is 4.45. The molecule has 0 saturated heterocycles. The van der Waals surface area contributed by atoms with Crippen LogP contribution in [-0.4, -0.2) is 24.4 Å². The lowest BCUT2D eigenvalue weighted by Gasteiger charge is -2.24. The molecule has 0 amide bonds. The van der Waals surface area contributed by atoms with Gasteiger partial charge in [-0.25, -0.2) is 0 Å². The van der Waals surface area contributed by atoms with Gasteiger partial charge in [0.1, 0.15) is 25.3 Å². The highest BCUT2D eigenvalue weighted by Gasteiger charge is 2.23. The van der Waals surface area contributed by atoms with Gasteiger partial charge in [0.15, 0.2) is 5.75 Å². The number of halogens is 2. The maximum atomic E-state index is 10.2. The molecule has 24 heavy (non-hydrogen) atoms. The standard InChI is InChI=1S/C19H21Cl2NO2/c20-16-8-4-9-17(21)19(16)24-12-14(23)11-22-18-10-3-6-13-5-1-2-7-15(13)18/h1-2,4-5,7-9,14,18,22-23H,3,6,10-12H2/p+1/t14-,18+/m0/s1. The zero-order valence-corrected chi connectivity index (χ0v) is 14.9. The van der Waals surface area contributed by atoms with Gasteiger partial charge in [0.2, 0.25) is 0 Å². The molecule has 3 rings (SSSR count). The van der Waals surface area contributed by atoms with E-state index >= 15 is 0 Å². The number of quaternary nitrogens is 1. The maximum absolute atomic E-state index is 10.2. The molecule has 2 atom stereocenters. The van der Waals surface area contributed by atoms with Crippen molar-refractivity contribution in [2.75, 3.05) is 13.2 Å². The molecule has 0 unspecified atom stereocenters. The SMILES string of the molecule is O[C@@H](C[NH2+][C@@H]1CCCc2ccccc21)COc1c(Cl)cccc1Cl. The number of ether oxygens (including phenoxy) is 1. The Kier molecular flexibility index (Phi) is 6.01. The van der Waals surface area contributed by atoms with Crippen molar-refractivity contribution >= 4 is 23.2 Å². The monoisotopic (exact) mass is 366 g/mol. The first-order chi connectivity index (χ1) is 11.6. The Labute approximate surface area is 152 Å². The first-order valence-electron chi connectivity index (χ1n) is 8.31. The second-order valence-corrected chi connectivity index (χ2v) is 7.00. The van der Waals surface area contributed by atoms with Crippen LogP contribution >= 0.6 is 23.2 Å². The van der Waals surface area contributed by atoms with E-state index in [2.05, 4.69) is 29.6 Å². The van der Waals surface area contributed by atoms with Gasteiger partial charge in [-0.05, 0) is 30.5 Å². The molecule has 0 bridgehead atoms. The molecule has 0 spiro atoms. The van der Waals surface area contributed by atoms with E-state index in [-0.39, 0.29) is 6.61 Å². The van der Waals surface area contributed by atoms with Crippen molar-refractivity contribution < 1.29 is 15.2 Å². The first-order valence-corrected chi connectivity index (χ1v) is 9.06. The lowest BCUT2D eigenvalue weighted by atomic mass is 9.88. The predicted octanol–water partition coefficient (Wildman–Crippen LogP) is 3.37. The van der Waals surface area contributed by atoms with E-state index in [1.807, 2.05) is 0 Å². The number of fused-ring (bicyclic) bond motifs is 1. The van der Waals surface area contributed by atoms with Crippen LogP contribution in [0.2, 0.25) is 10.0 Å². The quantitative estimate of drug-likeness (QED) is 0.822. The Bertz CT molecular complexity index is 673. The molecule has 2 aromatic rings. The van der Waals surface area contributed by atoms with Gasteiger partial charge in [-0.3, -0.25) is 0 Å². The second kappa shape index (κ2) is 8.21. The van der Waals surface area contributed by atoms with Crippen molar-refractivity contribution in [1.82, 2.24) is 0 Å². The molecule has 1 aliphatic rings. The third-order valence-corrected chi connectivity index (χ3v) is 5.04. The van der Waals surface area contributed by atoms with Gasteiger partial charge in [0.05, 0.1) is 10.0 Å². The summed E-state index contributed by atoms with van der Waals surface area (Å²) in [6, 6.07) is 14.2. The summed E-state index contributed by atoms with van der Waals surface area (Å²) in [6.07, 6.45) is 2.91. The lowest BCUT2D eigenvalue weighted by Crippen LogP contribution is -2.87. The summed E-state index contributed by atoms with van der Waals surface area (Å²) in [4.78, 5) is 0. The zero-order chi connectivity index (χ0) is 16.9. The number of para-hydroxylation sites is 1. The molecule has 0 aromatic heterocycles. The highest BCUT2D eigenvalue weighted by molar-refractivity contribution is 6.37. The van der Waals surface area contributed by atoms with Crippen molar-refractivity contribution in [1.29, 1.82) is 0 Å². The molecule has 2 aromatic carbocycles. The summed E-state index contributed by atoms with van der Waals surface area (Å²) >= 11 is 12.1. The number of aliphatic hydroxyl groups is 1. The molecule has 128 valence electrons. The van der Waals surface area contributed by atoms with Crippen molar-refractivity contribution in [2.24, 2.45) is 0 Å². The summed E-state index contributed by atoms with van der Waals surface area (Å²) in [5.74, 6) is 0.433. The molecule has 0 radical (unpaired) electrons. The van der Waals surface area contributed by atoms with E-state index in [0.717, 1.165) is 12.8 Å². The van der Waals surface area contributed by atoms with E-state index in [1.54, 1.807) is 18.2 Å². The normalized spacial score (nSPS) is 18.0. The van der Waals surface area contributed by atoms with Gasteiger partial charge < -0.3 is 15.2 Å². The fraction of sp³-hybridized carbons (Fsp3) is 0.368. The van der Waals surface area contributed by atoms with Crippen LogP contribution in [0.4, 0.5) is 0 Å². The van der Waals surface area contributed by atoms with E-state index in [0.29, 0.717) is 28.4 Å². The second-order valence-electron chi connectivity index (χ2n) is 6.18. The van der Waals surface area contributed by atoms with E-state index < -0.39 is 6.10 Å². The van der Waals surface area contributed by atoms with Gasteiger partial charge in [-0.15, -0.1) is 0 Å². The molecular weight excluding hydrogens is 345 g/mol. The summed E-state index contributed by atoms with van der Waals surface area (Å²) < 4.78 is 5.60. The van der Waals surface area contributed by atoms with Crippen molar-refractivity contribution in [3.8, 4) is 5.75 Å². The Hall–Kier alpha value is -1.26. The van der Waals surface area contributed by atoms with E-state index in [4.69, 9.17) is 27.9 Å². The third kappa shape index (κ3) is 4.22. The van der Waals surface area contributed by atoms with Gasteiger partial charge in [0.25, 0.3) is 0 Å². The Morgan fingerprint density at radius 1 is 1.12 bits per heavy atom. The molecule has 3 nitrogen and oxygen atoms in total. The number of nitrogens with two attached hydrogens (primary N) is 1. The highest BCUT2D eigenvalue weighted by atomic mass is 35.5. The van der Waals surface area contributed by atoms with Gasteiger partial charge in [-0.2, -0.15) is 0 Å². The number of benzene rings is 2. The minimum Gasteiger partial charge on any atom is -0.488 e. The van der Waals surface area contributed by atoms with Crippen LogP contribution in [0.25, 0.3) is 0 Å². The average Bonchev–Trinajstić information content (AvgIpc) is 2.59. The fourth-order valence-corrected chi connectivity index (χ4v) is 3.73. The van der Waals surface area contributed by atoms with Crippen LogP contribution in [0.15, 0.2) is 42.5 Å². The number of aliphatic hydroxyl groups excluding tert-OH is 1. The predicted molar refractivity (Wildman–Crippen MR) is 96.9 cm³/mol. The van der Waals surface area contributed by atoms with E-state index in [9.17, 15) is 5.11 Å². The first kappa shape index (κ1) is 17.6. The topological polar surface area (TPSA) is 46.1 Å². The molecule has 0 heterocycles. The summed E-state index contributed by atoms with van der Waals surface area (Å²) in [6.45, 7) is 0.759. The number of hydrogen-bond donors (Lipinski definition) is 2. The Balaban J connectivity index is 1.52. The molecule has 5 heteroatoms. The molecule has 3 N–H and O–H groups in total. The van der Waals surface area contributed by atoms with Crippen LogP contribution < -0.4 is 10.1 Å². The van der Waals surface area contributed by atoms with Gasteiger partial charge in [-0.1, -0.05) is 53.5 Å². The van der Waals surface area contributed by atoms with Crippen molar-refractivity contribution in [3.05, 3.63) is 63.6 Å². The Morgan fingerprint density at radius 3 is 2.67 bits per heavy atom. The summed E-state index contributed by atoms with van der Waals surface area (Å²) in [5.41, 5.74) is 2.82.